The second-order valence-corrected chi connectivity index (χ2v) is 31.6. The van der Waals surface area contributed by atoms with Crippen molar-refractivity contribution in [3.05, 3.63) is 30.3 Å². The van der Waals surface area contributed by atoms with Crippen LogP contribution in [0.2, 0.25) is 78.6 Å². The highest BCUT2D eigenvalue weighted by molar-refractivity contribution is 6.95. The Labute approximate surface area is 199 Å². The minimum atomic E-state index is -3.40. The van der Waals surface area contributed by atoms with Gasteiger partial charge < -0.3 is 24.7 Å². The molecular formula is C18H44O6Si7. The first kappa shape index (κ1) is 29.5. The highest BCUT2D eigenvalue weighted by Crippen LogP contribution is 2.28. The lowest BCUT2D eigenvalue weighted by Crippen LogP contribution is -2.70. The van der Waals surface area contributed by atoms with E-state index in [1.54, 1.807) is 0 Å². The van der Waals surface area contributed by atoms with Crippen LogP contribution in [0, 0.1) is 0 Å². The summed E-state index contributed by atoms with van der Waals surface area (Å²) < 4.78 is 40.0. The molecule has 0 saturated carbocycles. The van der Waals surface area contributed by atoms with Crippen LogP contribution in [0.25, 0.3) is 0 Å². The molecule has 0 fully saturated rings. The third-order valence-corrected chi connectivity index (χ3v) is 26.5. The van der Waals surface area contributed by atoms with Crippen LogP contribution in [0.4, 0.5) is 0 Å². The summed E-state index contributed by atoms with van der Waals surface area (Å²) in [6, 6.07) is 10.1. The van der Waals surface area contributed by atoms with Crippen molar-refractivity contribution in [3.8, 4) is 0 Å². The average Bonchev–Trinajstić information content (AvgIpc) is 2.49. The van der Waals surface area contributed by atoms with Crippen LogP contribution in [0.1, 0.15) is 0 Å². The minimum Gasteiger partial charge on any atom is -0.439 e. The van der Waals surface area contributed by atoms with Crippen molar-refractivity contribution in [2.24, 2.45) is 0 Å². The second kappa shape index (κ2) is 11.8. The van der Waals surface area contributed by atoms with Crippen LogP contribution < -0.4 is 5.19 Å². The summed E-state index contributed by atoms with van der Waals surface area (Å²) >= 11 is 0. The summed E-state index contributed by atoms with van der Waals surface area (Å²) in [7, 11) is -14.9. The first-order chi connectivity index (χ1) is 14.0. The summed E-state index contributed by atoms with van der Waals surface area (Å²) in [5, 5.41) is 0.953. The van der Waals surface area contributed by atoms with E-state index in [4.69, 9.17) is 24.7 Å². The smallest absolute Gasteiger partial charge is 0.439 e. The van der Waals surface area contributed by atoms with Gasteiger partial charge in [0.05, 0.1) is 0 Å². The van der Waals surface area contributed by atoms with E-state index in [0.717, 1.165) is 5.19 Å². The van der Waals surface area contributed by atoms with Crippen LogP contribution in [0.15, 0.2) is 30.3 Å². The predicted octanol–water partition coefficient (Wildman–Crippen LogP) is 3.99. The van der Waals surface area contributed by atoms with E-state index in [1.807, 2.05) is 18.2 Å². The fourth-order valence-corrected chi connectivity index (χ4v) is 30.5. The van der Waals surface area contributed by atoms with Gasteiger partial charge in [0.15, 0.2) is 27.1 Å². The molecule has 0 heterocycles. The Morgan fingerprint density at radius 2 is 0.806 bits per heavy atom. The monoisotopic (exact) mass is 552 g/mol. The molecule has 0 bridgehead atoms. The molecule has 0 aromatic heterocycles. The van der Waals surface area contributed by atoms with Crippen molar-refractivity contribution in [3.63, 3.8) is 0 Å². The fraction of sp³-hybridized carbons (Fsp3) is 0.667. The molecule has 0 saturated heterocycles. The molecule has 1 rings (SSSR count). The first-order valence-electron chi connectivity index (χ1n) is 11.2. The van der Waals surface area contributed by atoms with E-state index in [1.165, 1.54) is 0 Å². The number of hydrogen-bond donors (Lipinski definition) is 0. The lowest BCUT2D eigenvalue weighted by Gasteiger charge is -2.44. The van der Waals surface area contributed by atoms with Gasteiger partial charge in [-0.1, -0.05) is 30.3 Å². The first-order valence-corrected chi connectivity index (χ1v) is 29.7. The van der Waals surface area contributed by atoms with Crippen LogP contribution in [0.5, 0.6) is 0 Å². The molecule has 0 aliphatic rings. The van der Waals surface area contributed by atoms with Crippen molar-refractivity contribution in [2.75, 3.05) is 0 Å². The molecule has 0 radical (unpaired) electrons. The van der Waals surface area contributed by atoms with Crippen LogP contribution in [-0.4, -0.2) is 61.6 Å². The van der Waals surface area contributed by atoms with Crippen LogP contribution in [0.3, 0.4) is 0 Å². The molecule has 31 heavy (non-hydrogen) atoms. The maximum Gasteiger partial charge on any atom is 0.510 e. The maximum absolute atomic E-state index is 6.94. The zero-order valence-electron chi connectivity index (χ0n) is 21.6. The zero-order valence-corrected chi connectivity index (χ0v) is 29.0. The Morgan fingerprint density at radius 3 is 1.06 bits per heavy atom. The maximum atomic E-state index is 6.94. The molecule has 1 aromatic rings. The molecule has 13 heteroatoms. The SMILES string of the molecule is C[SiH](C)O[Si](C)(C)O[Si](O[Si](C)(C)O[SiH](C)C)(O[Si](C)(C)O[SiH](C)C)c1ccccc1. The third kappa shape index (κ3) is 11.0. The quantitative estimate of drug-likeness (QED) is 0.345. The third-order valence-electron chi connectivity index (χ3n) is 3.83. The standard InChI is InChI=1S/C18H44O6Si7/c1-25(2)19-28(7,8)22-31(18-16-14-13-15-17-18,23-29(9,10)20-26(3)4)24-30(11,12)21-27(5)6/h13-17,25-27H,1-12H3. The molecule has 6 nitrogen and oxygen atoms in total. The molecule has 0 atom stereocenters. The van der Waals surface area contributed by atoms with Gasteiger partial charge in [-0.25, -0.2) is 0 Å². The van der Waals surface area contributed by atoms with E-state index in [2.05, 4.69) is 90.7 Å². The van der Waals surface area contributed by atoms with E-state index in [9.17, 15) is 0 Å². The lowest BCUT2D eigenvalue weighted by molar-refractivity contribution is 0.210. The molecule has 0 amide bonds. The van der Waals surface area contributed by atoms with Crippen molar-refractivity contribution >= 4 is 66.8 Å². The van der Waals surface area contributed by atoms with Gasteiger partial charge in [0.25, 0.3) is 0 Å². The Morgan fingerprint density at radius 1 is 0.516 bits per heavy atom. The minimum absolute atomic E-state index is 0.953. The molecule has 0 aliphatic heterocycles. The Kier molecular flexibility index (Phi) is 11.2. The molecular weight excluding hydrogens is 509 g/mol. The lowest BCUT2D eigenvalue weighted by atomic mass is 10.4. The molecule has 180 valence electrons. The second-order valence-electron chi connectivity index (χ2n) is 9.93. The zero-order chi connectivity index (χ0) is 24.1. The Hall–Kier alpha value is 0.498. The molecule has 0 aliphatic carbocycles. The van der Waals surface area contributed by atoms with E-state index >= 15 is 0 Å². The fourth-order valence-electron chi connectivity index (χ4n) is 3.63. The van der Waals surface area contributed by atoms with Gasteiger partial charge in [-0.3, -0.25) is 0 Å². The summed E-state index contributed by atoms with van der Waals surface area (Å²) in [5.74, 6) is 0. The van der Waals surface area contributed by atoms with Gasteiger partial charge in [-0.15, -0.1) is 0 Å². The van der Waals surface area contributed by atoms with Gasteiger partial charge in [-0.05, 0) is 78.6 Å². The molecule has 0 N–H and O–H groups in total. The normalized spacial score (nSPS) is 14.2. The summed E-state index contributed by atoms with van der Waals surface area (Å²) in [5.41, 5.74) is 0. The van der Waals surface area contributed by atoms with E-state index in [-0.39, 0.29) is 0 Å². The van der Waals surface area contributed by atoms with Gasteiger partial charge in [0.2, 0.25) is 0 Å². The molecule has 1 aromatic carbocycles. The van der Waals surface area contributed by atoms with E-state index < -0.39 is 61.6 Å². The Balaban J connectivity index is 3.59. The highest BCUT2D eigenvalue weighted by Gasteiger charge is 2.56. The summed E-state index contributed by atoms with van der Waals surface area (Å²) in [6.45, 7) is 25.6. The number of rotatable bonds is 13. The number of hydrogen-bond acceptors (Lipinski definition) is 6. The van der Waals surface area contributed by atoms with Gasteiger partial charge in [0, 0.05) is 5.19 Å². The summed E-state index contributed by atoms with van der Waals surface area (Å²) in [4.78, 5) is 0. The summed E-state index contributed by atoms with van der Waals surface area (Å²) in [6.07, 6.45) is 0. The van der Waals surface area contributed by atoms with Crippen LogP contribution in [-0.2, 0) is 24.7 Å². The van der Waals surface area contributed by atoms with Crippen molar-refractivity contribution in [2.45, 2.75) is 78.6 Å². The topological polar surface area (TPSA) is 55.4 Å². The highest BCUT2D eigenvalue weighted by atomic mass is 28.5. The van der Waals surface area contributed by atoms with Crippen molar-refractivity contribution < 1.29 is 24.7 Å². The Bertz CT molecular complexity index is 611. The molecule has 0 unspecified atom stereocenters. The van der Waals surface area contributed by atoms with E-state index in [0.29, 0.717) is 0 Å². The van der Waals surface area contributed by atoms with Crippen LogP contribution >= 0.6 is 0 Å². The van der Waals surface area contributed by atoms with Gasteiger partial charge >= 0.3 is 34.5 Å². The van der Waals surface area contributed by atoms with Gasteiger partial charge in [-0.2, -0.15) is 0 Å². The van der Waals surface area contributed by atoms with Gasteiger partial charge in [0.1, 0.15) is 0 Å². The largest absolute Gasteiger partial charge is 0.510 e. The number of benzene rings is 1. The van der Waals surface area contributed by atoms with Crippen molar-refractivity contribution in [1.82, 2.24) is 0 Å². The molecule has 0 spiro atoms. The van der Waals surface area contributed by atoms with Crippen molar-refractivity contribution in [1.29, 1.82) is 0 Å². The predicted molar refractivity (Wildman–Crippen MR) is 147 cm³/mol. The average molecular weight is 553 g/mol.